The molecule has 2 bridgehead atoms. The third kappa shape index (κ3) is 3.13. The Morgan fingerprint density at radius 1 is 1.21 bits per heavy atom. The lowest BCUT2D eigenvalue weighted by atomic mass is 9.70. The molecule has 4 atom stereocenters. The molecule has 0 spiro atoms. The van der Waals surface area contributed by atoms with E-state index in [2.05, 4.69) is 28.7 Å². The largest absolute Gasteiger partial charge is 0.322 e. The average molecular weight is 399 g/mol. The van der Waals surface area contributed by atoms with Crippen molar-refractivity contribution in [1.82, 2.24) is 4.90 Å². The smallest absolute Gasteiger partial charge is 0.318 e. The molecule has 0 radical (unpaired) electrons. The standard InChI is InChI=1S/C21H24ClN5O/c1-13-8-16-11-17(9-13)27(16)21(28)25-15-3-5-20(22)19(10-15)18-4-2-14(18)12-26-23-6-7-24-26/h3,5-7,10,12-14,16-18H,2,4,8-9,11H2,1H3/p+1/t13?,14?,16?,17?,18-/m0/s1. The number of halogens is 1. The Morgan fingerprint density at radius 2 is 1.96 bits per heavy atom. The van der Waals surface area contributed by atoms with E-state index >= 15 is 0 Å². The Morgan fingerprint density at radius 3 is 2.64 bits per heavy atom. The van der Waals surface area contributed by atoms with Crippen molar-refractivity contribution in [3.05, 3.63) is 28.8 Å². The van der Waals surface area contributed by atoms with Crippen LogP contribution in [0.3, 0.4) is 0 Å². The lowest BCUT2D eigenvalue weighted by molar-refractivity contribution is -0.532. The summed E-state index contributed by atoms with van der Waals surface area (Å²) in [7, 11) is 0. The van der Waals surface area contributed by atoms with Gasteiger partial charge in [0.05, 0.1) is 4.79 Å². The monoisotopic (exact) mass is 398 g/mol. The summed E-state index contributed by atoms with van der Waals surface area (Å²) in [4.78, 5) is 16.5. The van der Waals surface area contributed by atoms with E-state index in [-0.39, 0.29) is 6.03 Å². The third-order valence-electron chi connectivity index (χ3n) is 6.65. The third-order valence-corrected chi connectivity index (χ3v) is 6.99. The number of piperidine rings is 1. The molecule has 6 rings (SSSR count). The second-order valence-corrected chi connectivity index (χ2v) is 8.95. The molecule has 1 aromatic carbocycles. The number of urea groups is 1. The van der Waals surface area contributed by atoms with Crippen molar-refractivity contribution in [1.29, 1.82) is 0 Å². The molecule has 4 fully saturated rings. The number of anilines is 1. The molecule has 5 aliphatic rings. The molecule has 6 nitrogen and oxygen atoms in total. The summed E-state index contributed by atoms with van der Waals surface area (Å²) in [6.07, 6.45) is 11.0. The van der Waals surface area contributed by atoms with Crippen LogP contribution in [0.5, 0.6) is 0 Å². The van der Waals surface area contributed by atoms with E-state index in [1.807, 2.05) is 23.1 Å². The lowest BCUT2D eigenvalue weighted by Gasteiger charge is -2.54. The number of nitrogens with one attached hydrogen (secondary N) is 1. The van der Waals surface area contributed by atoms with Crippen molar-refractivity contribution in [2.75, 3.05) is 5.32 Å². The highest BCUT2D eigenvalue weighted by molar-refractivity contribution is 6.31. The van der Waals surface area contributed by atoms with Crippen LogP contribution < -0.4 is 5.32 Å². The zero-order valence-electron chi connectivity index (χ0n) is 16.0. The fraction of sp³-hybridized carbons (Fsp3) is 0.524. The first-order valence-corrected chi connectivity index (χ1v) is 10.6. The predicted molar refractivity (Wildman–Crippen MR) is 112 cm³/mol. The molecule has 1 N–H and O–H groups in total. The van der Waals surface area contributed by atoms with Gasteiger partial charge in [0, 0.05) is 38.9 Å². The molecule has 0 aromatic heterocycles. The fourth-order valence-electron chi connectivity index (χ4n) is 5.14. The molecule has 3 unspecified atom stereocenters. The summed E-state index contributed by atoms with van der Waals surface area (Å²) in [6.45, 7) is 2.28. The maximum Gasteiger partial charge on any atom is 0.322 e. The highest BCUT2D eigenvalue weighted by atomic mass is 35.5. The number of carbonyl (C=O) groups is 1. The van der Waals surface area contributed by atoms with E-state index < -0.39 is 0 Å². The van der Waals surface area contributed by atoms with Crippen LogP contribution in [0.15, 0.2) is 28.4 Å². The Labute approximate surface area is 169 Å². The first kappa shape index (κ1) is 17.9. The van der Waals surface area contributed by atoms with E-state index in [0.29, 0.717) is 23.9 Å². The summed E-state index contributed by atoms with van der Waals surface area (Å²) >= 11 is 6.51. The summed E-state index contributed by atoms with van der Waals surface area (Å²) < 4.78 is 0. The van der Waals surface area contributed by atoms with Gasteiger partial charge in [-0.3, -0.25) is 0 Å². The van der Waals surface area contributed by atoms with Gasteiger partial charge in [-0.05, 0) is 67.7 Å². The van der Waals surface area contributed by atoms with Crippen molar-refractivity contribution in [3.63, 3.8) is 0 Å². The zero-order valence-corrected chi connectivity index (χ0v) is 16.7. The molecular formula is C21H25ClN5O+. The van der Waals surface area contributed by atoms with E-state index in [0.717, 1.165) is 54.3 Å². The number of hydrogen-bond acceptors (Lipinski definition) is 3. The predicted octanol–water partition coefficient (Wildman–Crippen LogP) is 4.31. The minimum Gasteiger partial charge on any atom is -0.318 e. The van der Waals surface area contributed by atoms with Crippen molar-refractivity contribution < 1.29 is 9.59 Å². The van der Waals surface area contributed by atoms with Gasteiger partial charge in [-0.1, -0.05) is 18.5 Å². The van der Waals surface area contributed by atoms with E-state index in [9.17, 15) is 4.79 Å². The van der Waals surface area contributed by atoms with Gasteiger partial charge in [-0.15, -0.1) is 0 Å². The van der Waals surface area contributed by atoms with Gasteiger partial charge < -0.3 is 10.2 Å². The minimum atomic E-state index is 0.0267. The van der Waals surface area contributed by atoms with Crippen LogP contribution in [0, 0.1) is 11.8 Å². The summed E-state index contributed by atoms with van der Waals surface area (Å²) in [5.74, 6) is 1.41. The van der Waals surface area contributed by atoms with Gasteiger partial charge in [0.2, 0.25) is 6.21 Å². The van der Waals surface area contributed by atoms with Crippen LogP contribution in [0.25, 0.3) is 0 Å². The van der Waals surface area contributed by atoms with Crippen LogP contribution in [-0.2, 0) is 0 Å². The molecule has 28 heavy (non-hydrogen) atoms. The van der Waals surface area contributed by atoms with Gasteiger partial charge >= 0.3 is 6.03 Å². The first-order valence-electron chi connectivity index (χ1n) is 10.2. The molecule has 2 saturated carbocycles. The molecule has 3 aliphatic heterocycles. The summed E-state index contributed by atoms with van der Waals surface area (Å²) in [5, 5.41) is 12.2. The molecule has 2 saturated heterocycles. The average Bonchev–Trinajstić information content (AvgIpc) is 3.14. The molecule has 7 heteroatoms. The van der Waals surface area contributed by atoms with E-state index in [4.69, 9.17) is 11.6 Å². The number of hydrazone groups is 2. The maximum absolute atomic E-state index is 12.8. The molecule has 1 aromatic rings. The number of nitrogens with zero attached hydrogens (tertiary/aromatic N) is 4. The van der Waals surface area contributed by atoms with Crippen LogP contribution in [0.4, 0.5) is 10.5 Å². The number of rotatable bonds is 3. The van der Waals surface area contributed by atoms with Gasteiger partial charge in [-0.25, -0.2) is 4.79 Å². The molecule has 3 heterocycles. The van der Waals surface area contributed by atoms with Gasteiger partial charge in [0.25, 0.3) is 0 Å². The summed E-state index contributed by atoms with van der Waals surface area (Å²) in [5.41, 5.74) is 1.92. The van der Waals surface area contributed by atoms with Crippen molar-refractivity contribution in [3.8, 4) is 0 Å². The Kier molecular flexibility index (Phi) is 4.46. The Balaban J connectivity index is 1.30. The number of carbonyl (C=O) groups excluding carboxylic acids is 1. The second-order valence-electron chi connectivity index (χ2n) is 8.54. The molecule has 2 aliphatic carbocycles. The quantitative estimate of drug-likeness (QED) is 0.758. The van der Waals surface area contributed by atoms with E-state index in [1.165, 1.54) is 0 Å². The highest BCUT2D eigenvalue weighted by Gasteiger charge is 2.46. The van der Waals surface area contributed by atoms with Crippen LogP contribution in [0.2, 0.25) is 5.02 Å². The van der Waals surface area contributed by atoms with Crippen LogP contribution in [0.1, 0.15) is 50.5 Å². The fourth-order valence-corrected chi connectivity index (χ4v) is 5.39. The normalized spacial score (nSPS) is 32.7. The molecular weight excluding hydrogens is 374 g/mol. The zero-order chi connectivity index (χ0) is 19.3. The van der Waals surface area contributed by atoms with Gasteiger partial charge in [-0.2, -0.15) is 0 Å². The maximum atomic E-state index is 12.8. The number of hydrogen-bond donors (Lipinski definition) is 1. The topological polar surface area (TPSA) is 60.1 Å². The van der Waals surface area contributed by atoms with Gasteiger partial charge in [0.15, 0.2) is 0 Å². The van der Waals surface area contributed by atoms with Crippen LogP contribution in [-0.4, -0.2) is 46.5 Å². The Bertz CT molecular complexity index is 869. The summed E-state index contributed by atoms with van der Waals surface area (Å²) in [6, 6.07) is 6.68. The molecule has 146 valence electrons. The number of fused-ring (bicyclic) bond motifs is 2. The highest BCUT2D eigenvalue weighted by Crippen LogP contribution is 2.45. The Hall–Kier alpha value is -2.21. The van der Waals surface area contributed by atoms with Crippen LogP contribution >= 0.6 is 11.6 Å². The SMILES string of the molecule is CC1CC2CC(C1)N2C(=O)Nc1ccc(Cl)c([C@H]2CCC2C=[N+]2N=CC=N2)c1. The second kappa shape index (κ2) is 6.99. The van der Waals surface area contributed by atoms with E-state index in [1.54, 1.807) is 17.2 Å². The first-order chi connectivity index (χ1) is 13.6. The number of benzene rings is 1. The van der Waals surface area contributed by atoms with Crippen molar-refractivity contribution in [2.24, 2.45) is 22.0 Å². The lowest BCUT2D eigenvalue weighted by Crippen LogP contribution is -2.63. The van der Waals surface area contributed by atoms with Gasteiger partial charge in [0.1, 0.15) is 12.4 Å². The minimum absolute atomic E-state index is 0.0267. The molecule has 2 amide bonds. The van der Waals surface area contributed by atoms with Crippen molar-refractivity contribution >= 4 is 42.0 Å². The number of amides is 2. The van der Waals surface area contributed by atoms with Crippen molar-refractivity contribution in [2.45, 2.75) is 57.0 Å².